The van der Waals surface area contributed by atoms with Crippen molar-refractivity contribution < 1.29 is 9.53 Å². The van der Waals surface area contributed by atoms with Crippen LogP contribution in [-0.4, -0.2) is 26.6 Å². The van der Waals surface area contributed by atoms with Crippen LogP contribution in [0.15, 0.2) is 24.3 Å². The van der Waals surface area contributed by atoms with Crippen molar-refractivity contribution in [3.05, 3.63) is 29.8 Å². The molecule has 0 aliphatic heterocycles. The Kier molecular flexibility index (Phi) is 5.11. The lowest BCUT2D eigenvalue weighted by molar-refractivity contribution is 0.0338. The minimum absolute atomic E-state index is 0.177. The molecule has 3 rings (SSSR count). The summed E-state index contributed by atoms with van der Waals surface area (Å²) in [5.74, 6) is 0.453. The zero-order chi connectivity index (χ0) is 18.8. The van der Waals surface area contributed by atoms with E-state index in [4.69, 9.17) is 15.5 Å². The van der Waals surface area contributed by atoms with Crippen molar-refractivity contribution in [3.63, 3.8) is 0 Å². The summed E-state index contributed by atoms with van der Waals surface area (Å²) in [4.78, 5) is 22.2. The Morgan fingerprint density at radius 3 is 2.46 bits per heavy atom. The molecule has 0 radical (unpaired) electrons. The van der Waals surface area contributed by atoms with Gasteiger partial charge in [-0.15, -0.1) is 0 Å². The molecule has 0 saturated carbocycles. The zero-order valence-electron chi connectivity index (χ0n) is 15.8. The van der Waals surface area contributed by atoms with E-state index in [1.807, 2.05) is 42.7 Å². The number of nitrogens with two attached hydrogens (primary N) is 1. The number of aryl methyl sites for hydroxylation is 1. The molecule has 1 aromatic carbocycles. The van der Waals surface area contributed by atoms with Gasteiger partial charge in [-0.25, -0.2) is 14.8 Å². The highest BCUT2D eigenvalue weighted by Gasteiger charge is 2.26. The van der Waals surface area contributed by atoms with Crippen molar-refractivity contribution in [2.24, 2.45) is 5.92 Å². The average molecular weight is 354 g/mol. The number of anilines is 1. The lowest BCUT2D eigenvalue weighted by atomic mass is 10.1. The number of nitrogen functional groups attached to an aromatic ring is 1. The van der Waals surface area contributed by atoms with Gasteiger partial charge < -0.3 is 15.0 Å². The highest BCUT2D eigenvalue weighted by molar-refractivity contribution is 6.08. The fourth-order valence-corrected chi connectivity index (χ4v) is 2.86. The molecule has 3 aromatic rings. The van der Waals surface area contributed by atoms with Gasteiger partial charge in [0, 0.05) is 6.54 Å². The molecular formula is C20H26N4O2. The van der Waals surface area contributed by atoms with E-state index in [-0.39, 0.29) is 6.10 Å². The molecule has 0 spiro atoms. The number of hydrogen-bond donors (Lipinski definition) is 1. The van der Waals surface area contributed by atoms with Gasteiger partial charge in [-0.1, -0.05) is 32.9 Å². The van der Waals surface area contributed by atoms with E-state index in [9.17, 15) is 4.79 Å². The van der Waals surface area contributed by atoms with Gasteiger partial charge in [0.15, 0.2) is 5.65 Å². The van der Waals surface area contributed by atoms with Gasteiger partial charge in [0.1, 0.15) is 16.9 Å². The van der Waals surface area contributed by atoms with Crippen LogP contribution in [0.4, 0.5) is 5.82 Å². The number of rotatable bonds is 6. The summed E-state index contributed by atoms with van der Waals surface area (Å²) in [6.45, 7) is 8.83. The van der Waals surface area contributed by atoms with E-state index < -0.39 is 5.97 Å². The van der Waals surface area contributed by atoms with E-state index in [1.54, 1.807) is 0 Å². The van der Waals surface area contributed by atoms with Crippen LogP contribution < -0.4 is 5.73 Å². The number of hydrogen-bond acceptors (Lipinski definition) is 5. The van der Waals surface area contributed by atoms with Gasteiger partial charge in [-0.05, 0) is 37.8 Å². The van der Waals surface area contributed by atoms with Crippen molar-refractivity contribution in [3.8, 4) is 0 Å². The monoisotopic (exact) mass is 354 g/mol. The van der Waals surface area contributed by atoms with Crippen LogP contribution >= 0.6 is 0 Å². The lowest BCUT2D eigenvalue weighted by Gasteiger charge is -2.11. The van der Waals surface area contributed by atoms with E-state index in [2.05, 4.69) is 18.8 Å². The maximum absolute atomic E-state index is 12.8. The van der Waals surface area contributed by atoms with E-state index in [0.29, 0.717) is 35.0 Å². The first-order chi connectivity index (χ1) is 12.4. The summed E-state index contributed by atoms with van der Waals surface area (Å²) < 4.78 is 7.42. The Morgan fingerprint density at radius 2 is 1.85 bits per heavy atom. The first kappa shape index (κ1) is 18.2. The Hall–Kier alpha value is -2.63. The van der Waals surface area contributed by atoms with Crippen LogP contribution in [0.2, 0.25) is 0 Å². The molecule has 2 aromatic heterocycles. The van der Waals surface area contributed by atoms with Gasteiger partial charge in [-0.3, -0.25) is 0 Å². The van der Waals surface area contributed by atoms with Crippen LogP contribution in [0, 0.1) is 5.92 Å². The number of carbonyl (C=O) groups is 1. The molecule has 0 bridgehead atoms. The van der Waals surface area contributed by atoms with Crippen molar-refractivity contribution in [1.29, 1.82) is 0 Å². The lowest BCUT2D eigenvalue weighted by Crippen LogP contribution is -2.16. The highest BCUT2D eigenvalue weighted by Crippen LogP contribution is 2.29. The van der Waals surface area contributed by atoms with Crippen LogP contribution in [0.5, 0.6) is 0 Å². The van der Waals surface area contributed by atoms with Crippen molar-refractivity contribution in [2.45, 2.75) is 53.2 Å². The third kappa shape index (κ3) is 3.36. The molecule has 138 valence electrons. The zero-order valence-corrected chi connectivity index (χ0v) is 15.8. The summed E-state index contributed by atoms with van der Waals surface area (Å²) in [5.41, 5.74) is 9.35. The summed E-state index contributed by atoms with van der Waals surface area (Å²) >= 11 is 0. The number of esters is 1. The van der Waals surface area contributed by atoms with Crippen LogP contribution in [0.25, 0.3) is 22.2 Å². The molecule has 26 heavy (non-hydrogen) atoms. The van der Waals surface area contributed by atoms with Gasteiger partial charge in [0.25, 0.3) is 0 Å². The molecule has 0 aliphatic rings. The predicted octanol–water partition coefficient (Wildman–Crippen LogP) is 4.17. The van der Waals surface area contributed by atoms with Gasteiger partial charge in [0.05, 0.1) is 17.1 Å². The van der Waals surface area contributed by atoms with Crippen LogP contribution in [-0.2, 0) is 11.3 Å². The molecule has 2 heterocycles. The van der Waals surface area contributed by atoms with E-state index in [0.717, 1.165) is 23.9 Å². The van der Waals surface area contributed by atoms with Gasteiger partial charge in [0.2, 0.25) is 0 Å². The Morgan fingerprint density at radius 1 is 1.19 bits per heavy atom. The molecule has 0 unspecified atom stereocenters. The number of carbonyl (C=O) groups excluding carboxylic acids is 1. The Labute approximate surface area is 153 Å². The second-order valence-corrected chi connectivity index (χ2v) is 7.10. The first-order valence-corrected chi connectivity index (χ1v) is 9.17. The Bertz CT molecular complexity index is 946. The second-order valence-electron chi connectivity index (χ2n) is 7.10. The summed E-state index contributed by atoms with van der Waals surface area (Å²) in [7, 11) is 0. The van der Waals surface area contributed by atoms with Crippen molar-refractivity contribution in [1.82, 2.24) is 14.5 Å². The number of benzene rings is 1. The SMILES string of the molecule is CC[C@H](C)OC(=O)c1c(N)n(CCC(C)C)c2nc3ccccc3nc12. The molecule has 6 heteroatoms. The molecule has 6 nitrogen and oxygen atoms in total. The third-order valence-electron chi connectivity index (χ3n) is 4.61. The molecule has 0 aliphatic carbocycles. The number of nitrogens with zero attached hydrogens (tertiary/aromatic N) is 3. The summed E-state index contributed by atoms with van der Waals surface area (Å²) in [6, 6.07) is 7.62. The molecule has 1 atom stereocenters. The van der Waals surface area contributed by atoms with E-state index >= 15 is 0 Å². The number of para-hydroxylation sites is 2. The molecule has 2 N–H and O–H groups in total. The molecule has 0 saturated heterocycles. The smallest absolute Gasteiger partial charge is 0.344 e. The summed E-state index contributed by atoms with van der Waals surface area (Å²) in [6.07, 6.45) is 1.50. The predicted molar refractivity (Wildman–Crippen MR) is 104 cm³/mol. The van der Waals surface area contributed by atoms with E-state index in [1.165, 1.54) is 0 Å². The quantitative estimate of drug-likeness (QED) is 0.672. The molecule has 0 amide bonds. The third-order valence-corrected chi connectivity index (χ3v) is 4.61. The minimum Gasteiger partial charge on any atom is -0.459 e. The average Bonchev–Trinajstić information content (AvgIpc) is 2.88. The topological polar surface area (TPSA) is 83.0 Å². The maximum Gasteiger partial charge on any atom is 0.344 e. The minimum atomic E-state index is -0.435. The number of aromatic nitrogens is 3. The Balaban J connectivity index is 2.19. The first-order valence-electron chi connectivity index (χ1n) is 9.17. The summed E-state index contributed by atoms with van der Waals surface area (Å²) in [5, 5.41) is 0. The van der Waals surface area contributed by atoms with Crippen LogP contribution in [0.3, 0.4) is 0 Å². The molecule has 0 fully saturated rings. The fraction of sp³-hybridized carbons (Fsp3) is 0.450. The van der Waals surface area contributed by atoms with Gasteiger partial charge >= 0.3 is 5.97 Å². The van der Waals surface area contributed by atoms with Gasteiger partial charge in [-0.2, -0.15) is 0 Å². The van der Waals surface area contributed by atoms with Crippen LogP contribution in [0.1, 0.15) is 50.9 Å². The number of ether oxygens (including phenoxy) is 1. The second kappa shape index (κ2) is 7.32. The van der Waals surface area contributed by atoms with Crippen molar-refractivity contribution in [2.75, 3.05) is 5.73 Å². The highest BCUT2D eigenvalue weighted by atomic mass is 16.5. The number of fused-ring (bicyclic) bond motifs is 2. The fourth-order valence-electron chi connectivity index (χ4n) is 2.86. The normalized spacial score (nSPS) is 12.8. The standard InChI is InChI=1S/C20H26N4O2/c1-5-13(4)26-20(25)16-17-19(24(18(16)21)11-10-12(2)3)23-15-9-7-6-8-14(15)22-17/h6-9,12-13H,5,10-11,21H2,1-4H3/t13-/m0/s1. The largest absolute Gasteiger partial charge is 0.459 e. The van der Waals surface area contributed by atoms with Crippen molar-refractivity contribution >= 4 is 34.0 Å². The molecular weight excluding hydrogens is 328 g/mol. The maximum atomic E-state index is 12.8.